The van der Waals surface area contributed by atoms with E-state index < -0.39 is 6.10 Å². The lowest BCUT2D eigenvalue weighted by atomic mass is 10.2. The number of carbonyl (C=O) groups excluding carboxylic acids is 1. The van der Waals surface area contributed by atoms with Gasteiger partial charge < -0.3 is 19.7 Å². The lowest BCUT2D eigenvalue weighted by molar-refractivity contribution is -0.127. The normalized spacial score (nSPS) is 15.4. The predicted molar refractivity (Wildman–Crippen MR) is 103 cm³/mol. The molecular weight excluding hydrogens is 328 g/mol. The van der Waals surface area contributed by atoms with Gasteiger partial charge in [0.1, 0.15) is 5.75 Å². The Morgan fingerprint density at radius 1 is 1.15 bits per heavy atom. The molecule has 0 bridgehead atoms. The number of morpholine rings is 1. The molecule has 2 aromatic carbocycles. The number of benzene rings is 2. The first kappa shape index (κ1) is 18.3. The van der Waals surface area contributed by atoms with E-state index in [9.17, 15) is 4.79 Å². The molecule has 138 valence electrons. The minimum absolute atomic E-state index is 0.120. The SMILES string of the molecule is Cc1ccccc1O[C@@H](C)C(=O)NCc1ccc(N2CCOCC2)cc1. The molecule has 5 heteroatoms. The number of anilines is 1. The van der Waals surface area contributed by atoms with Gasteiger partial charge in [0.25, 0.3) is 5.91 Å². The van der Waals surface area contributed by atoms with Gasteiger partial charge in [0.05, 0.1) is 13.2 Å². The maximum atomic E-state index is 12.3. The fraction of sp³-hybridized carbons (Fsp3) is 0.381. The van der Waals surface area contributed by atoms with Crippen LogP contribution in [0.1, 0.15) is 18.1 Å². The van der Waals surface area contributed by atoms with Crippen molar-refractivity contribution in [3.63, 3.8) is 0 Å². The van der Waals surface area contributed by atoms with Crippen LogP contribution in [-0.2, 0) is 16.1 Å². The molecule has 1 atom stereocenters. The van der Waals surface area contributed by atoms with Crippen molar-refractivity contribution in [3.8, 4) is 5.75 Å². The molecule has 1 heterocycles. The molecule has 0 radical (unpaired) electrons. The molecule has 0 saturated carbocycles. The molecule has 26 heavy (non-hydrogen) atoms. The van der Waals surface area contributed by atoms with Gasteiger partial charge in [0.15, 0.2) is 6.10 Å². The number of hydrogen-bond donors (Lipinski definition) is 1. The van der Waals surface area contributed by atoms with E-state index in [2.05, 4.69) is 34.5 Å². The summed E-state index contributed by atoms with van der Waals surface area (Å²) < 4.78 is 11.1. The Morgan fingerprint density at radius 2 is 1.85 bits per heavy atom. The summed E-state index contributed by atoms with van der Waals surface area (Å²) in [6.07, 6.45) is -0.538. The van der Waals surface area contributed by atoms with Crippen molar-refractivity contribution in [1.29, 1.82) is 0 Å². The summed E-state index contributed by atoms with van der Waals surface area (Å²) in [5.74, 6) is 0.621. The minimum Gasteiger partial charge on any atom is -0.481 e. The van der Waals surface area contributed by atoms with Crippen molar-refractivity contribution >= 4 is 11.6 Å². The number of para-hydroxylation sites is 1. The van der Waals surface area contributed by atoms with Gasteiger partial charge in [-0.15, -0.1) is 0 Å². The van der Waals surface area contributed by atoms with Crippen molar-refractivity contribution < 1.29 is 14.3 Å². The highest BCUT2D eigenvalue weighted by atomic mass is 16.5. The molecule has 1 amide bonds. The van der Waals surface area contributed by atoms with E-state index in [4.69, 9.17) is 9.47 Å². The van der Waals surface area contributed by atoms with Crippen LogP contribution in [-0.4, -0.2) is 38.3 Å². The predicted octanol–water partition coefficient (Wildman–Crippen LogP) is 2.92. The van der Waals surface area contributed by atoms with Gasteiger partial charge in [-0.2, -0.15) is 0 Å². The van der Waals surface area contributed by atoms with Gasteiger partial charge in [0.2, 0.25) is 0 Å². The van der Waals surface area contributed by atoms with Crippen LogP contribution in [0.25, 0.3) is 0 Å². The fourth-order valence-electron chi connectivity index (χ4n) is 2.91. The van der Waals surface area contributed by atoms with Gasteiger partial charge in [0, 0.05) is 25.3 Å². The monoisotopic (exact) mass is 354 g/mol. The first-order valence-electron chi connectivity index (χ1n) is 9.05. The van der Waals surface area contributed by atoms with Crippen LogP contribution in [0.4, 0.5) is 5.69 Å². The van der Waals surface area contributed by atoms with Crippen molar-refractivity contribution in [3.05, 3.63) is 59.7 Å². The van der Waals surface area contributed by atoms with Gasteiger partial charge in [-0.3, -0.25) is 4.79 Å². The number of ether oxygens (including phenoxy) is 2. The number of nitrogens with one attached hydrogen (secondary N) is 1. The molecule has 0 aliphatic carbocycles. The van der Waals surface area contributed by atoms with E-state index in [-0.39, 0.29) is 5.91 Å². The third-order valence-corrected chi connectivity index (χ3v) is 4.55. The zero-order chi connectivity index (χ0) is 18.4. The largest absolute Gasteiger partial charge is 0.481 e. The lowest BCUT2D eigenvalue weighted by Gasteiger charge is -2.28. The first-order chi connectivity index (χ1) is 12.6. The number of rotatable bonds is 6. The molecule has 1 aliphatic rings. The molecule has 1 fully saturated rings. The number of amides is 1. The van der Waals surface area contributed by atoms with E-state index in [1.807, 2.05) is 31.2 Å². The molecule has 1 N–H and O–H groups in total. The molecule has 5 nitrogen and oxygen atoms in total. The maximum Gasteiger partial charge on any atom is 0.261 e. The second kappa shape index (κ2) is 8.72. The average molecular weight is 354 g/mol. The summed E-state index contributed by atoms with van der Waals surface area (Å²) in [6, 6.07) is 16.0. The summed E-state index contributed by atoms with van der Waals surface area (Å²) in [6.45, 7) is 7.61. The third-order valence-electron chi connectivity index (χ3n) is 4.55. The second-order valence-electron chi connectivity index (χ2n) is 6.51. The highest BCUT2D eigenvalue weighted by molar-refractivity contribution is 5.80. The molecule has 0 aromatic heterocycles. The zero-order valence-electron chi connectivity index (χ0n) is 15.4. The quantitative estimate of drug-likeness (QED) is 0.867. The fourth-order valence-corrected chi connectivity index (χ4v) is 2.91. The van der Waals surface area contributed by atoms with E-state index in [0.29, 0.717) is 6.54 Å². The Labute approximate surface area is 154 Å². The van der Waals surface area contributed by atoms with Crippen molar-refractivity contribution in [2.24, 2.45) is 0 Å². The van der Waals surface area contributed by atoms with Crippen LogP contribution in [0.5, 0.6) is 5.75 Å². The molecule has 1 saturated heterocycles. The minimum atomic E-state index is -0.538. The highest BCUT2D eigenvalue weighted by Gasteiger charge is 2.15. The topological polar surface area (TPSA) is 50.8 Å². The molecule has 3 rings (SSSR count). The van der Waals surface area contributed by atoms with E-state index in [0.717, 1.165) is 43.2 Å². The van der Waals surface area contributed by atoms with Gasteiger partial charge >= 0.3 is 0 Å². The molecule has 1 aliphatic heterocycles. The molecule has 0 spiro atoms. The summed E-state index contributed by atoms with van der Waals surface area (Å²) in [5.41, 5.74) is 3.28. The van der Waals surface area contributed by atoms with E-state index >= 15 is 0 Å². The molecular formula is C21H26N2O3. The maximum absolute atomic E-state index is 12.3. The number of carbonyl (C=O) groups is 1. The van der Waals surface area contributed by atoms with E-state index in [1.165, 1.54) is 5.69 Å². The lowest BCUT2D eigenvalue weighted by Crippen LogP contribution is -2.36. The molecule has 0 unspecified atom stereocenters. The van der Waals surface area contributed by atoms with Crippen LogP contribution >= 0.6 is 0 Å². The standard InChI is InChI=1S/C21H26N2O3/c1-16-5-3-4-6-20(16)26-17(2)21(24)22-15-18-7-9-19(10-8-18)23-11-13-25-14-12-23/h3-10,17H,11-15H2,1-2H3,(H,22,24)/t17-/m0/s1. The number of hydrogen-bond acceptors (Lipinski definition) is 4. The van der Waals surface area contributed by atoms with Crippen LogP contribution in [0.2, 0.25) is 0 Å². The third kappa shape index (κ3) is 4.76. The summed E-state index contributed by atoms with van der Waals surface area (Å²) >= 11 is 0. The van der Waals surface area contributed by atoms with E-state index in [1.54, 1.807) is 6.92 Å². The number of nitrogens with zero attached hydrogens (tertiary/aromatic N) is 1. The van der Waals surface area contributed by atoms with Crippen LogP contribution in [0, 0.1) is 6.92 Å². The smallest absolute Gasteiger partial charge is 0.261 e. The second-order valence-corrected chi connectivity index (χ2v) is 6.51. The summed E-state index contributed by atoms with van der Waals surface area (Å²) in [4.78, 5) is 14.6. The molecule has 2 aromatic rings. The van der Waals surface area contributed by atoms with Crippen LogP contribution < -0.4 is 15.0 Å². The Bertz CT molecular complexity index is 724. The Hall–Kier alpha value is -2.53. The van der Waals surface area contributed by atoms with Gasteiger partial charge in [-0.05, 0) is 43.2 Å². The average Bonchev–Trinajstić information content (AvgIpc) is 2.69. The Balaban J connectivity index is 1.50. The summed E-state index contributed by atoms with van der Waals surface area (Å²) in [7, 11) is 0. The van der Waals surface area contributed by atoms with Gasteiger partial charge in [-0.1, -0.05) is 30.3 Å². The zero-order valence-corrected chi connectivity index (χ0v) is 15.4. The Morgan fingerprint density at radius 3 is 2.54 bits per heavy atom. The van der Waals surface area contributed by atoms with Gasteiger partial charge in [-0.25, -0.2) is 0 Å². The summed E-state index contributed by atoms with van der Waals surface area (Å²) in [5, 5.41) is 2.94. The first-order valence-corrected chi connectivity index (χ1v) is 9.05. The van der Waals surface area contributed by atoms with Crippen molar-refractivity contribution in [2.45, 2.75) is 26.5 Å². The van der Waals surface area contributed by atoms with Crippen LogP contribution in [0.15, 0.2) is 48.5 Å². The van der Waals surface area contributed by atoms with Crippen LogP contribution in [0.3, 0.4) is 0 Å². The highest BCUT2D eigenvalue weighted by Crippen LogP contribution is 2.18. The number of aryl methyl sites for hydroxylation is 1. The Kier molecular flexibility index (Phi) is 6.12. The van der Waals surface area contributed by atoms with Crippen molar-refractivity contribution in [2.75, 3.05) is 31.2 Å². The van der Waals surface area contributed by atoms with Crippen molar-refractivity contribution in [1.82, 2.24) is 5.32 Å².